The lowest BCUT2D eigenvalue weighted by molar-refractivity contribution is -0.122. The first-order valence-electron chi connectivity index (χ1n) is 13.1. The maximum Gasteiger partial charge on any atom is 0.243 e. The maximum atomic E-state index is 13.2. The number of carbonyl (C=O) groups is 1. The van der Waals surface area contributed by atoms with E-state index in [0.29, 0.717) is 18.0 Å². The smallest absolute Gasteiger partial charge is 0.243 e. The number of hydrogen-bond acceptors (Lipinski definition) is 5. The molecule has 0 spiro atoms. The highest BCUT2D eigenvalue weighted by Crippen LogP contribution is 2.32. The second-order valence-electron chi connectivity index (χ2n) is 10.1. The molecule has 0 bridgehead atoms. The van der Waals surface area contributed by atoms with Crippen molar-refractivity contribution < 1.29 is 13.2 Å². The molecule has 1 aromatic heterocycles. The van der Waals surface area contributed by atoms with E-state index in [1.165, 1.54) is 5.56 Å². The third-order valence-corrected chi connectivity index (χ3v) is 9.81. The highest BCUT2D eigenvalue weighted by Gasteiger charge is 2.33. The number of piperidine rings is 2. The molecule has 2 saturated heterocycles. The molecule has 3 aromatic rings. The zero-order valence-electron chi connectivity index (χ0n) is 20.5. The van der Waals surface area contributed by atoms with Gasteiger partial charge in [0.15, 0.2) is 0 Å². The fraction of sp³-hybridized carbons (Fsp3) is 0.429. The van der Waals surface area contributed by atoms with Gasteiger partial charge in [-0.05, 0) is 74.1 Å². The van der Waals surface area contributed by atoms with Crippen molar-refractivity contribution >= 4 is 38.3 Å². The van der Waals surface area contributed by atoms with E-state index in [0.717, 1.165) is 80.6 Å². The molecule has 1 amide bonds. The molecule has 8 heteroatoms. The van der Waals surface area contributed by atoms with Crippen LogP contribution < -0.4 is 9.80 Å². The van der Waals surface area contributed by atoms with Crippen LogP contribution in [0.3, 0.4) is 0 Å². The zero-order valence-corrected chi connectivity index (χ0v) is 21.3. The molecule has 3 aliphatic heterocycles. The van der Waals surface area contributed by atoms with Crippen LogP contribution in [0.2, 0.25) is 0 Å². The first-order chi connectivity index (χ1) is 17.5. The van der Waals surface area contributed by atoms with Crippen LogP contribution in [-0.4, -0.2) is 56.3 Å². The number of hydrogen-bond donors (Lipinski definition) is 0. The Kier molecular flexibility index (Phi) is 6.17. The minimum atomic E-state index is -3.46. The van der Waals surface area contributed by atoms with E-state index in [1.54, 1.807) is 16.4 Å². The molecule has 7 nitrogen and oxygen atoms in total. The lowest BCUT2D eigenvalue weighted by Gasteiger charge is -2.34. The largest absolute Gasteiger partial charge is 0.357 e. The number of aromatic nitrogens is 1. The second-order valence-corrected chi connectivity index (χ2v) is 12.1. The van der Waals surface area contributed by atoms with Gasteiger partial charge in [0.2, 0.25) is 15.9 Å². The average molecular weight is 505 g/mol. The van der Waals surface area contributed by atoms with Crippen molar-refractivity contribution in [1.29, 1.82) is 0 Å². The van der Waals surface area contributed by atoms with Gasteiger partial charge in [0.25, 0.3) is 0 Å². The number of amides is 1. The van der Waals surface area contributed by atoms with Crippen molar-refractivity contribution in [3.63, 3.8) is 0 Å². The van der Waals surface area contributed by atoms with Crippen molar-refractivity contribution in [2.24, 2.45) is 5.92 Å². The summed E-state index contributed by atoms with van der Waals surface area (Å²) in [7, 11) is -3.46. The standard InChI is InChI=1S/C28H32N4O3S/c33-28(32-19-14-21-6-2-3-7-26(21)32)22-12-17-30(18-13-22)27-11-8-23-20-24(9-10-25(23)29-27)36(34,35)31-15-4-1-5-16-31/h2-3,6-11,20,22H,1,4-5,12-19H2. The predicted octanol–water partition coefficient (Wildman–Crippen LogP) is 4.22. The van der Waals surface area contributed by atoms with Gasteiger partial charge in [-0.3, -0.25) is 4.79 Å². The van der Waals surface area contributed by atoms with Crippen molar-refractivity contribution in [3.8, 4) is 0 Å². The number of para-hydroxylation sites is 1. The van der Waals surface area contributed by atoms with Gasteiger partial charge in [-0.15, -0.1) is 0 Å². The first kappa shape index (κ1) is 23.4. The van der Waals surface area contributed by atoms with Crippen LogP contribution >= 0.6 is 0 Å². The average Bonchev–Trinajstić information content (AvgIpc) is 3.37. The molecular formula is C28H32N4O3S. The van der Waals surface area contributed by atoms with E-state index in [2.05, 4.69) is 17.0 Å². The van der Waals surface area contributed by atoms with E-state index in [-0.39, 0.29) is 11.8 Å². The van der Waals surface area contributed by atoms with E-state index < -0.39 is 10.0 Å². The Morgan fingerprint density at radius 3 is 2.44 bits per heavy atom. The molecule has 0 saturated carbocycles. The lowest BCUT2D eigenvalue weighted by Crippen LogP contribution is -2.42. The molecule has 4 heterocycles. The number of anilines is 2. The van der Waals surface area contributed by atoms with Crippen LogP contribution in [-0.2, 0) is 21.2 Å². The molecular weight excluding hydrogens is 472 g/mol. The number of benzene rings is 2. The monoisotopic (exact) mass is 504 g/mol. The van der Waals surface area contributed by atoms with Crippen LogP contribution in [0.4, 0.5) is 11.5 Å². The summed E-state index contributed by atoms with van der Waals surface area (Å²) in [4.78, 5) is 22.6. The van der Waals surface area contributed by atoms with Crippen LogP contribution in [0.1, 0.15) is 37.7 Å². The first-order valence-corrected chi connectivity index (χ1v) is 14.5. The molecule has 3 aliphatic rings. The minimum absolute atomic E-state index is 0.0374. The van der Waals surface area contributed by atoms with E-state index in [1.807, 2.05) is 35.2 Å². The molecule has 2 aromatic carbocycles. The molecule has 0 aliphatic carbocycles. The molecule has 0 unspecified atom stereocenters. The summed E-state index contributed by atoms with van der Waals surface area (Å²) in [5, 5.41) is 0.828. The summed E-state index contributed by atoms with van der Waals surface area (Å²) in [5.41, 5.74) is 3.12. The van der Waals surface area contributed by atoms with Gasteiger partial charge in [0, 0.05) is 49.7 Å². The number of sulfonamides is 1. The van der Waals surface area contributed by atoms with E-state index >= 15 is 0 Å². The maximum absolute atomic E-state index is 13.2. The third kappa shape index (κ3) is 4.26. The van der Waals surface area contributed by atoms with Gasteiger partial charge < -0.3 is 9.80 Å². The van der Waals surface area contributed by atoms with Crippen LogP contribution in [0.5, 0.6) is 0 Å². The molecule has 0 atom stereocenters. The predicted molar refractivity (Wildman–Crippen MR) is 142 cm³/mol. The quantitative estimate of drug-likeness (QED) is 0.532. The highest BCUT2D eigenvalue weighted by atomic mass is 32.2. The van der Waals surface area contributed by atoms with Crippen molar-refractivity contribution in [2.75, 3.05) is 42.5 Å². The number of nitrogens with zero attached hydrogens (tertiary/aromatic N) is 4. The topological polar surface area (TPSA) is 73.8 Å². The Hall–Kier alpha value is -2.97. The summed E-state index contributed by atoms with van der Waals surface area (Å²) < 4.78 is 27.7. The number of rotatable bonds is 4. The SMILES string of the molecule is O=C(C1CCN(c2ccc3cc(S(=O)(=O)N4CCCCC4)ccc3n2)CC1)N1CCc2ccccc21. The van der Waals surface area contributed by atoms with Crippen LogP contribution in [0.25, 0.3) is 10.9 Å². The molecule has 0 N–H and O–H groups in total. The second kappa shape index (κ2) is 9.48. The fourth-order valence-corrected chi connectivity index (χ4v) is 7.38. The Morgan fingerprint density at radius 1 is 0.861 bits per heavy atom. The Morgan fingerprint density at radius 2 is 1.64 bits per heavy atom. The van der Waals surface area contributed by atoms with Crippen LogP contribution in [0.15, 0.2) is 59.5 Å². The highest BCUT2D eigenvalue weighted by molar-refractivity contribution is 7.89. The summed E-state index contributed by atoms with van der Waals surface area (Å²) in [5.74, 6) is 1.16. The van der Waals surface area contributed by atoms with Gasteiger partial charge in [-0.25, -0.2) is 13.4 Å². The van der Waals surface area contributed by atoms with Crippen molar-refractivity contribution in [3.05, 3.63) is 60.2 Å². The normalized spacial score (nSPS) is 19.6. The molecule has 188 valence electrons. The summed E-state index contributed by atoms with van der Waals surface area (Å²) in [6, 6.07) is 17.4. The summed E-state index contributed by atoms with van der Waals surface area (Å²) in [6.45, 7) is 3.54. The molecule has 6 rings (SSSR count). The van der Waals surface area contributed by atoms with Gasteiger partial charge in [-0.1, -0.05) is 24.6 Å². The fourth-order valence-electron chi connectivity index (χ4n) is 5.83. The van der Waals surface area contributed by atoms with E-state index in [9.17, 15) is 13.2 Å². The number of pyridine rings is 1. The lowest BCUT2D eigenvalue weighted by atomic mass is 9.95. The Bertz CT molecular complexity index is 1390. The molecule has 36 heavy (non-hydrogen) atoms. The Balaban J connectivity index is 1.14. The molecule has 2 fully saturated rings. The molecule has 0 radical (unpaired) electrons. The third-order valence-electron chi connectivity index (χ3n) is 7.92. The van der Waals surface area contributed by atoms with E-state index in [4.69, 9.17) is 4.98 Å². The number of fused-ring (bicyclic) bond motifs is 2. The van der Waals surface area contributed by atoms with Crippen molar-refractivity contribution in [2.45, 2.75) is 43.4 Å². The minimum Gasteiger partial charge on any atom is -0.357 e. The Labute approximate surface area is 212 Å². The summed E-state index contributed by atoms with van der Waals surface area (Å²) >= 11 is 0. The van der Waals surface area contributed by atoms with Crippen molar-refractivity contribution in [1.82, 2.24) is 9.29 Å². The van der Waals surface area contributed by atoms with Gasteiger partial charge in [0.1, 0.15) is 5.82 Å². The van der Waals surface area contributed by atoms with Gasteiger partial charge >= 0.3 is 0 Å². The van der Waals surface area contributed by atoms with Crippen LogP contribution in [0, 0.1) is 5.92 Å². The number of carbonyl (C=O) groups excluding carboxylic acids is 1. The summed E-state index contributed by atoms with van der Waals surface area (Å²) in [6.07, 6.45) is 5.49. The van der Waals surface area contributed by atoms with Gasteiger partial charge in [0.05, 0.1) is 10.4 Å². The van der Waals surface area contributed by atoms with Gasteiger partial charge in [-0.2, -0.15) is 4.31 Å². The zero-order chi connectivity index (χ0) is 24.7.